The maximum atomic E-state index is 16.9. The van der Waals surface area contributed by atoms with E-state index < -0.39 is 78.7 Å². The number of fused-ring (bicyclic) bond motifs is 3. The lowest BCUT2D eigenvalue weighted by molar-refractivity contribution is -0.148. The van der Waals surface area contributed by atoms with Gasteiger partial charge in [0, 0.05) is 81.7 Å². The van der Waals surface area contributed by atoms with E-state index in [1.807, 2.05) is 36.1 Å². The Bertz CT molecular complexity index is 3260. The first-order chi connectivity index (χ1) is 36.8. The Labute approximate surface area is 459 Å². The summed E-state index contributed by atoms with van der Waals surface area (Å²) in [6.45, 7) is 11.4. The Morgan fingerprint density at radius 1 is 0.833 bits per heavy atom. The topological polar surface area (TPSA) is 221 Å². The Morgan fingerprint density at radius 2 is 1.51 bits per heavy atom. The number of pyridine rings is 1. The average Bonchev–Trinajstić information content (AvgIpc) is 3.67. The van der Waals surface area contributed by atoms with Crippen LogP contribution in [0.5, 0.6) is 0 Å². The molecular weight excluding hydrogens is 1060 g/mol. The number of nitrogens with one attached hydrogen (secondary N) is 3. The lowest BCUT2D eigenvalue weighted by atomic mass is 9.96. The van der Waals surface area contributed by atoms with Crippen LogP contribution < -0.4 is 10.9 Å². The zero-order valence-corrected chi connectivity index (χ0v) is 47.3. The number of hydrogen-bond donors (Lipinski definition) is 3. The molecule has 416 valence electrons. The monoisotopic (exact) mass is 1130 g/mol. The van der Waals surface area contributed by atoms with Crippen LogP contribution in [0.25, 0.3) is 21.7 Å². The van der Waals surface area contributed by atoms with Crippen molar-refractivity contribution in [2.45, 2.75) is 122 Å². The fraction of sp³-hybridized carbons (Fsp3) is 0.500. The number of alkyl halides is 2. The highest BCUT2D eigenvalue weighted by Crippen LogP contribution is 2.67. The van der Waals surface area contributed by atoms with Crippen molar-refractivity contribution >= 4 is 86.7 Å². The lowest BCUT2D eigenvalue weighted by Crippen LogP contribution is -2.61. The molecule has 22 heteroatoms. The van der Waals surface area contributed by atoms with Crippen molar-refractivity contribution in [3.8, 4) is 0 Å². The Morgan fingerprint density at radius 3 is 2.17 bits per heavy atom. The van der Waals surface area contributed by atoms with Crippen molar-refractivity contribution in [1.82, 2.24) is 35.2 Å². The number of nitrogens with zero attached hydrogens (tertiary/aromatic N) is 4. The van der Waals surface area contributed by atoms with Gasteiger partial charge in [0.25, 0.3) is 11.8 Å². The number of benzene rings is 3. The van der Waals surface area contributed by atoms with Gasteiger partial charge in [-0.15, -0.1) is 0 Å². The third kappa shape index (κ3) is 11.8. The molecule has 1 aliphatic carbocycles. The van der Waals surface area contributed by atoms with Gasteiger partial charge in [0.15, 0.2) is 15.9 Å². The van der Waals surface area contributed by atoms with E-state index in [1.54, 1.807) is 64.8 Å². The predicted molar refractivity (Wildman–Crippen MR) is 296 cm³/mol. The number of aromatic amines is 2. The standard InChI is InChI=1S/C56H66F2N7O10PS2/c1-33-8-14-42-41(26-33)46(62-61-42)50(70)63-21-17-40-13-15-44(49(69)64-31-38(30-55(64)18-19-55)35-16-20-59-45(66)29-35)65(40)48(68)43(32-63)60-47(67)36-10-9-34-11-12-39(28-37(34)27-36)56(57,58)76(73,74-22-24-77-51(71)53(2,3)4)75-23-25-78-52(72)54(5,6)7/h8-12,14,16,20,26-29,38,40,43-44H,13,15,17-19,21-25,30-32H2,1-7H3,(H,59,66)(H,60,67)(H,61,62)/t38?,40-,43+,44+/m1/s1. The minimum absolute atomic E-state index is 0.0228. The van der Waals surface area contributed by atoms with Crippen LogP contribution in [0.4, 0.5) is 8.78 Å². The lowest BCUT2D eigenvalue weighted by Gasteiger charge is -2.40. The third-order valence-electron chi connectivity index (χ3n) is 15.1. The van der Waals surface area contributed by atoms with Crippen LogP contribution in [0.1, 0.15) is 124 Å². The normalized spacial score (nSPS) is 20.7. The van der Waals surface area contributed by atoms with E-state index in [9.17, 15) is 33.3 Å². The SMILES string of the molecule is Cc1ccc2[nH]nc(C(=O)N3CC[C@H]4CC[C@@H](C(=O)N5CC(c6cc[nH]c(=O)c6)CC56CC6)N4C(=O)[C@@H](NC(=O)c4ccc5ccc(C(F)(F)P(=O)(OCCSC(=O)C(C)(C)C)OCCSC(=O)C(C)(C)C)cc5c4)C3)c2c1. The number of H-pyrrole nitrogens is 2. The highest BCUT2D eigenvalue weighted by Gasteiger charge is 2.59. The highest BCUT2D eigenvalue weighted by molar-refractivity contribution is 8.14. The van der Waals surface area contributed by atoms with Crippen molar-refractivity contribution in [3.63, 3.8) is 0 Å². The van der Waals surface area contributed by atoms with Gasteiger partial charge in [0.1, 0.15) is 12.1 Å². The van der Waals surface area contributed by atoms with Gasteiger partial charge in [-0.3, -0.25) is 43.2 Å². The second-order valence-corrected chi connectivity index (χ2v) is 27.2. The molecule has 78 heavy (non-hydrogen) atoms. The minimum Gasteiger partial charge on any atom is -0.339 e. The van der Waals surface area contributed by atoms with Gasteiger partial charge in [-0.05, 0) is 98.2 Å². The molecular formula is C56H66F2N7O10PS2. The maximum absolute atomic E-state index is 16.9. The van der Waals surface area contributed by atoms with Gasteiger partial charge >= 0.3 is 13.3 Å². The van der Waals surface area contributed by atoms with Gasteiger partial charge < -0.3 is 34.0 Å². The molecule has 4 atom stereocenters. The van der Waals surface area contributed by atoms with E-state index in [0.29, 0.717) is 48.5 Å². The summed E-state index contributed by atoms with van der Waals surface area (Å²) in [6, 6.07) is 14.2. The zero-order valence-electron chi connectivity index (χ0n) is 44.8. The van der Waals surface area contributed by atoms with Gasteiger partial charge in [-0.1, -0.05) is 94.9 Å². The second-order valence-electron chi connectivity index (χ2n) is 23.0. The van der Waals surface area contributed by atoms with E-state index >= 15 is 13.6 Å². The van der Waals surface area contributed by atoms with Gasteiger partial charge in [0.2, 0.25) is 17.4 Å². The summed E-state index contributed by atoms with van der Waals surface area (Å²) in [5, 5.41) is 10.9. The van der Waals surface area contributed by atoms with Crippen LogP contribution in [-0.2, 0) is 38.5 Å². The minimum atomic E-state index is -5.38. The molecule has 2 aromatic heterocycles. The third-order valence-corrected chi connectivity index (χ3v) is 19.6. The molecule has 3 aromatic carbocycles. The summed E-state index contributed by atoms with van der Waals surface area (Å²) >= 11 is 1.71. The van der Waals surface area contributed by atoms with Crippen molar-refractivity contribution in [2.75, 3.05) is 44.4 Å². The van der Waals surface area contributed by atoms with Crippen LogP contribution in [0, 0.1) is 17.8 Å². The number of aromatic nitrogens is 3. The summed E-state index contributed by atoms with van der Waals surface area (Å²) in [7, 11) is -5.38. The van der Waals surface area contributed by atoms with Gasteiger partial charge in [-0.25, -0.2) is 0 Å². The fourth-order valence-corrected chi connectivity index (χ4v) is 14.0. The molecule has 0 bridgehead atoms. The summed E-state index contributed by atoms with van der Waals surface area (Å²) in [6.07, 6.45) is 5.08. The van der Waals surface area contributed by atoms with E-state index in [2.05, 4.69) is 20.5 Å². The summed E-state index contributed by atoms with van der Waals surface area (Å²) in [5.74, 6) is -2.22. The van der Waals surface area contributed by atoms with Crippen molar-refractivity contribution in [3.05, 3.63) is 111 Å². The predicted octanol–water partition coefficient (Wildman–Crippen LogP) is 9.15. The average molecular weight is 1130 g/mol. The number of hydrogen-bond acceptors (Lipinski definition) is 13. The summed E-state index contributed by atoms with van der Waals surface area (Å²) in [5.41, 5.74) is -4.55. The van der Waals surface area contributed by atoms with Crippen LogP contribution in [0.3, 0.4) is 0 Å². The van der Waals surface area contributed by atoms with E-state index in [0.717, 1.165) is 59.6 Å². The highest BCUT2D eigenvalue weighted by atomic mass is 32.2. The number of likely N-dealkylation sites (tertiary alicyclic amines) is 1. The van der Waals surface area contributed by atoms with Crippen molar-refractivity contribution in [2.24, 2.45) is 10.8 Å². The van der Waals surface area contributed by atoms with Crippen molar-refractivity contribution < 1.29 is 51.2 Å². The zero-order chi connectivity index (χ0) is 56.1. The van der Waals surface area contributed by atoms with Crippen LogP contribution >= 0.6 is 31.1 Å². The number of carbonyl (C=O) groups is 6. The Balaban J connectivity index is 0.988. The van der Waals surface area contributed by atoms with Crippen LogP contribution in [0.2, 0.25) is 0 Å². The van der Waals surface area contributed by atoms with Crippen LogP contribution in [-0.4, -0.2) is 132 Å². The van der Waals surface area contributed by atoms with E-state index in [4.69, 9.17) is 9.05 Å². The van der Waals surface area contributed by atoms with Gasteiger partial charge in [-0.2, -0.15) is 13.9 Å². The molecule has 5 aromatic rings. The first-order valence-electron chi connectivity index (χ1n) is 26.3. The molecule has 1 spiro atoms. The van der Waals surface area contributed by atoms with Crippen molar-refractivity contribution in [1.29, 1.82) is 0 Å². The molecule has 3 N–H and O–H groups in total. The molecule has 4 amide bonds. The molecule has 1 saturated carbocycles. The fourth-order valence-electron chi connectivity index (χ4n) is 10.6. The Hall–Kier alpha value is -5.73. The molecule has 5 heterocycles. The molecule has 17 nitrogen and oxygen atoms in total. The van der Waals surface area contributed by atoms with Gasteiger partial charge in [0.05, 0.1) is 25.3 Å². The molecule has 4 fully saturated rings. The molecule has 9 rings (SSSR count). The Kier molecular flexibility index (Phi) is 16.1. The summed E-state index contributed by atoms with van der Waals surface area (Å²) in [4.78, 5) is 104. The smallest absolute Gasteiger partial charge is 0.339 e. The van der Waals surface area contributed by atoms with E-state index in [-0.39, 0.29) is 74.4 Å². The first-order valence-corrected chi connectivity index (χ1v) is 29.8. The second kappa shape index (κ2) is 22.1. The molecule has 3 saturated heterocycles. The summed E-state index contributed by atoms with van der Waals surface area (Å²) < 4.78 is 58.9. The van der Waals surface area contributed by atoms with E-state index in [1.165, 1.54) is 23.1 Å². The molecule has 1 unspecified atom stereocenters. The first kappa shape index (κ1) is 57.0. The maximum Gasteiger partial charge on any atom is 0.404 e. The quantitative estimate of drug-likeness (QED) is 0.0658. The number of aryl methyl sites for hydroxylation is 1. The number of rotatable bonds is 15. The molecule has 4 aliphatic rings. The van der Waals surface area contributed by atoms with Crippen LogP contribution in [0.15, 0.2) is 77.7 Å². The molecule has 3 aliphatic heterocycles. The number of thioether (sulfide) groups is 2. The number of amides is 4. The largest absolute Gasteiger partial charge is 0.404 e. The number of halogens is 2. The number of carbonyl (C=O) groups excluding carboxylic acids is 6. The molecule has 0 radical (unpaired) electrons.